The normalized spacial score (nSPS) is 32.8. The number of carboxylic acids is 1. The van der Waals surface area contributed by atoms with Crippen LogP contribution in [0.15, 0.2) is 48.5 Å². The predicted molar refractivity (Wildman–Crippen MR) is 102 cm³/mol. The van der Waals surface area contributed by atoms with Gasteiger partial charge in [0.25, 0.3) is 0 Å². The van der Waals surface area contributed by atoms with E-state index in [-0.39, 0.29) is 48.5 Å². The molecule has 0 radical (unpaired) electrons. The number of nitrogens with one attached hydrogen (secondary N) is 1. The molecule has 5 atom stereocenters. The van der Waals surface area contributed by atoms with E-state index in [1.807, 2.05) is 0 Å². The number of hydrogen-bond donors (Lipinski definition) is 2. The molecule has 7 heteroatoms. The molecule has 0 amide bonds. The molecule has 2 aromatic rings. The van der Waals surface area contributed by atoms with Crippen molar-refractivity contribution >= 4 is 11.9 Å². The molecular weight excluding hydrogens is 392 g/mol. The van der Waals surface area contributed by atoms with Gasteiger partial charge in [-0.15, -0.1) is 0 Å². The third-order valence-corrected chi connectivity index (χ3v) is 7.28. The average Bonchev–Trinajstić information content (AvgIpc) is 3.02. The van der Waals surface area contributed by atoms with Gasteiger partial charge in [0.2, 0.25) is 0 Å². The van der Waals surface area contributed by atoms with E-state index in [0.717, 1.165) is 5.56 Å². The van der Waals surface area contributed by atoms with Crippen LogP contribution in [0.25, 0.3) is 0 Å². The third-order valence-electron chi connectivity index (χ3n) is 7.28. The van der Waals surface area contributed by atoms with Crippen LogP contribution in [0.2, 0.25) is 0 Å². The lowest BCUT2D eigenvalue weighted by Gasteiger charge is -2.30. The Kier molecular flexibility index (Phi) is 4.22. The van der Waals surface area contributed by atoms with Gasteiger partial charge in [-0.3, -0.25) is 14.9 Å². The maximum Gasteiger partial charge on any atom is 0.324 e. The van der Waals surface area contributed by atoms with Gasteiger partial charge in [0, 0.05) is 12.5 Å². The Morgan fingerprint density at radius 1 is 1.03 bits per heavy atom. The van der Waals surface area contributed by atoms with Crippen molar-refractivity contribution in [3.05, 3.63) is 71.3 Å². The van der Waals surface area contributed by atoms with Gasteiger partial charge in [0.15, 0.2) is 0 Å². The molecule has 4 fully saturated rings. The van der Waals surface area contributed by atoms with E-state index in [1.165, 1.54) is 24.3 Å². The summed E-state index contributed by atoms with van der Waals surface area (Å²) in [6.07, 6.45) is 1.17. The third kappa shape index (κ3) is 2.61. The minimum Gasteiger partial charge on any atom is -0.480 e. The number of aliphatic carboxylic acids is 1. The van der Waals surface area contributed by atoms with Crippen LogP contribution in [0, 0.1) is 34.8 Å². The quantitative estimate of drug-likeness (QED) is 0.682. The van der Waals surface area contributed by atoms with E-state index >= 15 is 0 Å². The molecule has 4 saturated carbocycles. The molecule has 4 aliphatic carbocycles. The van der Waals surface area contributed by atoms with Gasteiger partial charge in [-0.1, -0.05) is 24.3 Å². The SMILES string of the molecule is O=C(OCc1ccc(F)cc1)[C@@]12C[C@H]3C[C@@H]1[C@@H]2[C@]3(NCc1ccc(F)cc1)C(=O)O. The summed E-state index contributed by atoms with van der Waals surface area (Å²) in [6, 6.07) is 11.7. The second-order valence-electron chi connectivity index (χ2n) is 8.62. The van der Waals surface area contributed by atoms with Gasteiger partial charge < -0.3 is 9.84 Å². The summed E-state index contributed by atoms with van der Waals surface area (Å²) >= 11 is 0. The van der Waals surface area contributed by atoms with Crippen LogP contribution in [-0.4, -0.2) is 22.6 Å². The Labute approximate surface area is 172 Å². The van der Waals surface area contributed by atoms with E-state index in [0.29, 0.717) is 18.4 Å². The molecule has 0 aliphatic heterocycles. The van der Waals surface area contributed by atoms with Crippen LogP contribution < -0.4 is 5.32 Å². The summed E-state index contributed by atoms with van der Waals surface area (Å²) in [7, 11) is 0. The predicted octanol–water partition coefficient (Wildman–Crippen LogP) is 3.28. The molecular formula is C23H21F2NO4. The summed E-state index contributed by atoms with van der Waals surface area (Å²) in [4.78, 5) is 25.3. The topological polar surface area (TPSA) is 75.6 Å². The largest absolute Gasteiger partial charge is 0.480 e. The highest BCUT2D eigenvalue weighted by atomic mass is 19.1. The maximum atomic E-state index is 13.1. The fourth-order valence-electron chi connectivity index (χ4n) is 5.98. The zero-order chi connectivity index (χ0) is 21.1. The number of carbonyl (C=O) groups excluding carboxylic acids is 1. The maximum absolute atomic E-state index is 13.1. The number of carbonyl (C=O) groups is 2. The highest BCUT2D eigenvalue weighted by molar-refractivity contribution is 5.91. The number of carboxylic acid groups (broad SMARTS) is 1. The van der Waals surface area contributed by atoms with E-state index in [9.17, 15) is 23.5 Å². The molecule has 5 nitrogen and oxygen atoms in total. The van der Waals surface area contributed by atoms with Crippen LogP contribution >= 0.6 is 0 Å². The minimum absolute atomic E-state index is 0.0000330. The molecule has 0 unspecified atom stereocenters. The lowest BCUT2D eigenvalue weighted by Crippen LogP contribution is -2.55. The summed E-state index contributed by atoms with van der Waals surface area (Å²) in [5.41, 5.74) is -0.457. The second-order valence-corrected chi connectivity index (χ2v) is 8.62. The van der Waals surface area contributed by atoms with E-state index in [2.05, 4.69) is 5.32 Å². The van der Waals surface area contributed by atoms with Crippen LogP contribution in [0.5, 0.6) is 0 Å². The number of benzene rings is 2. The molecule has 0 aromatic heterocycles. The molecule has 4 bridgehead atoms. The minimum atomic E-state index is -1.17. The van der Waals surface area contributed by atoms with Crippen molar-refractivity contribution in [3.63, 3.8) is 0 Å². The van der Waals surface area contributed by atoms with E-state index in [4.69, 9.17) is 4.74 Å². The van der Waals surface area contributed by atoms with Gasteiger partial charge >= 0.3 is 11.9 Å². The molecule has 0 saturated heterocycles. The first kappa shape index (κ1) is 19.2. The summed E-state index contributed by atoms with van der Waals surface area (Å²) in [6.45, 7) is 0.320. The van der Waals surface area contributed by atoms with E-state index in [1.54, 1.807) is 24.3 Å². The highest BCUT2D eigenvalue weighted by Crippen LogP contribution is 2.82. The van der Waals surface area contributed by atoms with Crippen LogP contribution in [-0.2, 0) is 27.5 Å². The molecule has 6 rings (SSSR count). The van der Waals surface area contributed by atoms with Gasteiger partial charge in [-0.25, -0.2) is 8.78 Å². The zero-order valence-electron chi connectivity index (χ0n) is 16.1. The number of hydrogen-bond acceptors (Lipinski definition) is 4. The van der Waals surface area contributed by atoms with Gasteiger partial charge in [-0.05, 0) is 60.1 Å². The Morgan fingerprint density at radius 2 is 1.63 bits per heavy atom. The van der Waals surface area contributed by atoms with Crippen molar-refractivity contribution in [2.75, 3.05) is 0 Å². The fraction of sp³-hybridized carbons (Fsp3) is 0.391. The smallest absolute Gasteiger partial charge is 0.324 e. The lowest BCUT2D eigenvalue weighted by molar-refractivity contribution is -0.152. The Hall–Kier alpha value is -2.80. The Bertz CT molecular complexity index is 1010. The Balaban J connectivity index is 1.31. The number of rotatable bonds is 7. The standard InChI is InChI=1S/C23H21F2NO4/c24-16-5-1-13(2-6-16)11-26-23(20(27)28)15-9-18-19(23)22(18,10-15)21(29)30-12-14-3-7-17(25)8-4-14/h1-8,15,18-19,26H,9-12H2,(H,27,28)/t15-,18-,19+,22+,23+/m1/s1. The van der Waals surface area contributed by atoms with Crippen molar-refractivity contribution in [1.82, 2.24) is 5.32 Å². The van der Waals surface area contributed by atoms with Gasteiger partial charge in [0.1, 0.15) is 23.8 Å². The molecule has 4 aliphatic rings. The van der Waals surface area contributed by atoms with Crippen LogP contribution in [0.4, 0.5) is 8.78 Å². The molecule has 2 aromatic carbocycles. The average molecular weight is 413 g/mol. The first-order valence-electron chi connectivity index (χ1n) is 10.0. The summed E-state index contributed by atoms with van der Waals surface area (Å²) in [5, 5.41) is 13.3. The van der Waals surface area contributed by atoms with Crippen LogP contribution in [0.3, 0.4) is 0 Å². The number of halogens is 2. The first-order valence-corrected chi connectivity index (χ1v) is 10.0. The summed E-state index contributed by atoms with van der Waals surface area (Å²) < 4.78 is 31.7. The van der Waals surface area contributed by atoms with Crippen molar-refractivity contribution in [2.45, 2.75) is 31.5 Å². The Morgan fingerprint density at radius 3 is 2.20 bits per heavy atom. The molecule has 156 valence electrons. The molecule has 30 heavy (non-hydrogen) atoms. The van der Waals surface area contributed by atoms with Crippen molar-refractivity contribution in [3.8, 4) is 0 Å². The first-order chi connectivity index (χ1) is 14.4. The van der Waals surface area contributed by atoms with Gasteiger partial charge in [-0.2, -0.15) is 0 Å². The molecule has 0 spiro atoms. The second kappa shape index (κ2) is 6.60. The van der Waals surface area contributed by atoms with Gasteiger partial charge in [0.05, 0.1) is 5.41 Å². The van der Waals surface area contributed by atoms with Crippen molar-refractivity contribution in [2.24, 2.45) is 23.2 Å². The van der Waals surface area contributed by atoms with E-state index < -0.39 is 16.9 Å². The number of esters is 1. The lowest BCUT2D eigenvalue weighted by atomic mass is 9.88. The molecule has 0 heterocycles. The monoisotopic (exact) mass is 413 g/mol. The van der Waals surface area contributed by atoms with Crippen LogP contribution in [0.1, 0.15) is 24.0 Å². The van der Waals surface area contributed by atoms with Crippen molar-refractivity contribution < 1.29 is 28.2 Å². The fourth-order valence-corrected chi connectivity index (χ4v) is 5.98. The summed E-state index contributed by atoms with van der Waals surface area (Å²) in [5.74, 6) is -2.48. The number of ether oxygens (including phenoxy) is 1. The zero-order valence-corrected chi connectivity index (χ0v) is 16.1. The molecule has 2 N–H and O–H groups in total. The highest BCUT2D eigenvalue weighted by Gasteiger charge is 2.89. The van der Waals surface area contributed by atoms with Crippen molar-refractivity contribution in [1.29, 1.82) is 0 Å².